The minimum absolute atomic E-state index is 0.0967. The summed E-state index contributed by atoms with van der Waals surface area (Å²) in [5, 5.41) is 18.9. The fourth-order valence-electron chi connectivity index (χ4n) is 3.30. The Bertz CT molecular complexity index is 1070. The van der Waals surface area contributed by atoms with Gasteiger partial charge in [0.2, 0.25) is 0 Å². The van der Waals surface area contributed by atoms with Gasteiger partial charge in [0.25, 0.3) is 0 Å². The third kappa shape index (κ3) is 2.89. The van der Waals surface area contributed by atoms with E-state index in [0.29, 0.717) is 28.0 Å². The second-order valence-electron chi connectivity index (χ2n) is 6.19. The Morgan fingerprint density at radius 1 is 1.19 bits per heavy atom. The number of phenols is 1. The van der Waals surface area contributed by atoms with Crippen molar-refractivity contribution in [2.45, 2.75) is 11.8 Å². The Kier molecular flexibility index (Phi) is 4.21. The summed E-state index contributed by atoms with van der Waals surface area (Å²) in [5.41, 5.74) is 2.27. The molecule has 1 heterocycles. The van der Waals surface area contributed by atoms with Crippen molar-refractivity contribution in [2.75, 3.05) is 0 Å². The third-order valence-corrected chi connectivity index (χ3v) is 5.20. The van der Waals surface area contributed by atoms with Crippen molar-refractivity contribution in [1.82, 2.24) is 0 Å². The number of carboxylic acid groups (broad SMARTS) is 1. The zero-order valence-electron chi connectivity index (χ0n) is 13.7. The molecule has 1 atom stereocenters. The first-order valence-corrected chi connectivity index (χ1v) is 8.85. The highest BCUT2D eigenvalue weighted by Gasteiger charge is 2.34. The molecule has 136 valence electrons. The maximum Gasteiger partial charge on any atom is 0.336 e. The first-order chi connectivity index (χ1) is 12.9. The van der Waals surface area contributed by atoms with E-state index in [1.54, 1.807) is 18.2 Å². The van der Waals surface area contributed by atoms with E-state index in [1.165, 1.54) is 24.3 Å². The van der Waals surface area contributed by atoms with Crippen LogP contribution in [-0.2, 0) is 4.79 Å². The van der Waals surface area contributed by atoms with Crippen LogP contribution >= 0.6 is 23.2 Å². The molecular weight excluding hydrogens is 391 g/mol. The number of carbonyl (C=O) groups excluding carboxylic acids is 1. The van der Waals surface area contributed by atoms with Crippen LogP contribution in [0.15, 0.2) is 53.8 Å². The molecule has 1 aliphatic heterocycles. The summed E-state index contributed by atoms with van der Waals surface area (Å²) >= 11 is 12.2. The van der Waals surface area contributed by atoms with Gasteiger partial charge in [0.1, 0.15) is 22.6 Å². The zero-order valence-corrected chi connectivity index (χ0v) is 15.2. The molecule has 0 radical (unpaired) electrons. The van der Waals surface area contributed by atoms with Gasteiger partial charge >= 0.3 is 5.97 Å². The lowest BCUT2D eigenvalue weighted by molar-refractivity contribution is -0.114. The second-order valence-corrected chi connectivity index (χ2v) is 7.12. The van der Waals surface area contributed by atoms with E-state index < -0.39 is 11.3 Å². The molecule has 0 saturated heterocycles. The van der Waals surface area contributed by atoms with Crippen LogP contribution in [0.2, 0.25) is 5.02 Å². The molecule has 1 unspecified atom stereocenters. The van der Waals surface area contributed by atoms with Gasteiger partial charge in [-0.05, 0) is 17.7 Å². The molecule has 27 heavy (non-hydrogen) atoms. The molecule has 0 saturated carbocycles. The number of phenolic OH excluding ortho intramolecular Hbond substituents is 1. The number of hydrogen-bond acceptors (Lipinski definition) is 4. The van der Waals surface area contributed by atoms with E-state index in [9.17, 15) is 19.8 Å². The minimum Gasteiger partial charge on any atom is -0.506 e. The summed E-state index contributed by atoms with van der Waals surface area (Å²) in [6.45, 7) is 0. The number of carboxylic acids is 1. The van der Waals surface area contributed by atoms with Gasteiger partial charge in [0.15, 0.2) is 5.78 Å². The summed E-state index contributed by atoms with van der Waals surface area (Å²) in [6, 6.07) is 9.40. The number of fused-ring (bicyclic) bond motifs is 2. The highest BCUT2D eigenvalue weighted by molar-refractivity contribution is 6.34. The molecule has 4 rings (SSSR count). The van der Waals surface area contributed by atoms with Crippen molar-refractivity contribution in [2.24, 2.45) is 0 Å². The molecule has 0 aromatic heterocycles. The van der Waals surface area contributed by atoms with Crippen LogP contribution in [0.3, 0.4) is 0 Å². The van der Waals surface area contributed by atoms with Crippen LogP contribution in [-0.4, -0.2) is 27.3 Å². The van der Waals surface area contributed by atoms with Gasteiger partial charge in [-0.3, -0.25) is 4.79 Å². The van der Waals surface area contributed by atoms with Gasteiger partial charge in [-0.25, -0.2) is 4.79 Å². The average Bonchev–Trinajstić information content (AvgIpc) is 2.63. The van der Waals surface area contributed by atoms with E-state index in [4.69, 9.17) is 27.9 Å². The van der Waals surface area contributed by atoms with Gasteiger partial charge < -0.3 is 14.9 Å². The maximum atomic E-state index is 12.0. The summed E-state index contributed by atoms with van der Waals surface area (Å²) in [6.07, 6.45) is 1.49. The van der Waals surface area contributed by atoms with E-state index in [1.807, 2.05) is 0 Å². The van der Waals surface area contributed by atoms with E-state index in [-0.39, 0.29) is 34.3 Å². The molecule has 0 spiro atoms. The van der Waals surface area contributed by atoms with Crippen LogP contribution in [0, 0.1) is 0 Å². The van der Waals surface area contributed by atoms with Crippen molar-refractivity contribution in [1.29, 1.82) is 0 Å². The summed E-state index contributed by atoms with van der Waals surface area (Å²) in [5.74, 6) is -0.980. The van der Waals surface area contributed by atoms with Gasteiger partial charge in [-0.15, -0.1) is 11.6 Å². The number of ether oxygens (including phenoxy) is 1. The Morgan fingerprint density at radius 3 is 2.67 bits per heavy atom. The fraction of sp³-hybridized carbons (Fsp3) is 0.100. The second kappa shape index (κ2) is 6.44. The highest BCUT2D eigenvalue weighted by atomic mass is 35.5. The standard InChI is InChI=1S/C20H12Cl2O5/c21-13-5-11-17(7-15(13)23)27-18-8-16(24)14(22)6-12(18)19(11)9-3-1-2-4-10(9)20(25)26/h1-5,7-8,14,23H,6H2,(H,25,26). The quantitative estimate of drug-likeness (QED) is 0.727. The molecule has 2 aromatic rings. The normalized spacial score (nSPS) is 18.4. The SMILES string of the molecule is O=C(O)c1ccccc1C1=C2CC(Cl)C(=O)C=C2Oc2cc(O)c(Cl)cc21. The molecule has 0 fully saturated rings. The topological polar surface area (TPSA) is 83.8 Å². The average molecular weight is 403 g/mol. The molecule has 5 nitrogen and oxygen atoms in total. The number of hydrogen-bond donors (Lipinski definition) is 2. The van der Waals surface area contributed by atoms with Gasteiger partial charge in [-0.1, -0.05) is 29.8 Å². The number of aromatic carboxylic acids is 1. The number of halogens is 2. The molecular formula is C20H12Cl2O5. The number of aromatic hydroxyl groups is 1. The molecule has 2 N–H and O–H groups in total. The molecule has 1 aliphatic carbocycles. The largest absolute Gasteiger partial charge is 0.506 e. The van der Waals surface area contributed by atoms with Crippen LogP contribution in [0.5, 0.6) is 11.5 Å². The van der Waals surface area contributed by atoms with E-state index in [0.717, 1.165) is 0 Å². The van der Waals surface area contributed by atoms with Gasteiger partial charge in [-0.2, -0.15) is 0 Å². The minimum atomic E-state index is -1.09. The van der Waals surface area contributed by atoms with Crippen LogP contribution in [0.4, 0.5) is 0 Å². The zero-order chi connectivity index (χ0) is 19.3. The van der Waals surface area contributed by atoms with Crippen LogP contribution < -0.4 is 4.74 Å². The number of allylic oxidation sites excluding steroid dienone is 2. The first-order valence-electron chi connectivity index (χ1n) is 8.03. The number of carbonyl (C=O) groups is 2. The number of rotatable bonds is 2. The van der Waals surface area contributed by atoms with Crippen molar-refractivity contribution >= 4 is 40.5 Å². The van der Waals surface area contributed by atoms with E-state index in [2.05, 4.69) is 0 Å². The summed E-state index contributed by atoms with van der Waals surface area (Å²) in [4.78, 5) is 23.8. The predicted molar refractivity (Wildman–Crippen MR) is 101 cm³/mol. The Hall–Kier alpha value is -2.76. The Morgan fingerprint density at radius 2 is 1.93 bits per heavy atom. The summed E-state index contributed by atoms with van der Waals surface area (Å²) in [7, 11) is 0. The van der Waals surface area contributed by atoms with Crippen molar-refractivity contribution < 1.29 is 24.5 Å². The van der Waals surface area contributed by atoms with Crippen molar-refractivity contribution in [3.05, 3.63) is 75.5 Å². The van der Waals surface area contributed by atoms with Crippen LogP contribution in [0.25, 0.3) is 5.57 Å². The summed E-state index contributed by atoms with van der Waals surface area (Å²) < 4.78 is 5.80. The Labute approximate surface area is 164 Å². The molecule has 2 aliphatic rings. The highest BCUT2D eigenvalue weighted by Crippen LogP contribution is 2.48. The number of ketones is 1. The molecule has 0 amide bonds. The monoisotopic (exact) mass is 402 g/mol. The number of alkyl halides is 1. The predicted octanol–water partition coefficient (Wildman–Crippen LogP) is 4.40. The Balaban J connectivity index is 2.08. The third-order valence-electron chi connectivity index (χ3n) is 4.53. The van der Waals surface area contributed by atoms with E-state index >= 15 is 0 Å². The maximum absolute atomic E-state index is 12.0. The van der Waals surface area contributed by atoms with Crippen molar-refractivity contribution in [3.63, 3.8) is 0 Å². The lowest BCUT2D eigenvalue weighted by atomic mass is 9.83. The molecule has 7 heteroatoms. The molecule has 0 bridgehead atoms. The fourth-order valence-corrected chi connectivity index (χ4v) is 3.68. The first kappa shape index (κ1) is 17.6. The number of benzene rings is 2. The lowest BCUT2D eigenvalue weighted by Gasteiger charge is -2.30. The van der Waals surface area contributed by atoms with Gasteiger partial charge in [0, 0.05) is 35.3 Å². The smallest absolute Gasteiger partial charge is 0.336 e. The van der Waals surface area contributed by atoms with Crippen LogP contribution in [0.1, 0.15) is 27.9 Å². The van der Waals surface area contributed by atoms with Gasteiger partial charge in [0.05, 0.1) is 10.6 Å². The molecule has 2 aromatic carbocycles. The van der Waals surface area contributed by atoms with Crippen molar-refractivity contribution in [3.8, 4) is 11.5 Å². The lowest BCUT2D eigenvalue weighted by Crippen LogP contribution is -2.24.